The fourth-order valence-corrected chi connectivity index (χ4v) is 3.85. The van der Waals surface area contributed by atoms with Crippen molar-refractivity contribution in [1.82, 2.24) is 10.2 Å². The summed E-state index contributed by atoms with van der Waals surface area (Å²) in [7, 11) is 1.65. The molecule has 4 nitrogen and oxygen atoms in total. The molecule has 1 amide bonds. The number of likely N-dealkylation sites (tertiary alicyclic amines) is 1. The number of hydrogen-bond acceptors (Lipinski definition) is 3. The molecule has 3 aromatic rings. The summed E-state index contributed by atoms with van der Waals surface area (Å²) in [5.41, 5.74) is 2.01. The molecule has 0 spiro atoms. The highest BCUT2D eigenvalue weighted by Crippen LogP contribution is 2.28. The van der Waals surface area contributed by atoms with Crippen LogP contribution in [-0.4, -0.2) is 37.0 Å². The van der Waals surface area contributed by atoms with Crippen molar-refractivity contribution < 1.29 is 9.53 Å². The number of methoxy groups -OCH3 is 1. The van der Waals surface area contributed by atoms with Gasteiger partial charge in [0.05, 0.1) is 7.11 Å². The highest BCUT2D eigenvalue weighted by atomic mass is 16.5. The van der Waals surface area contributed by atoms with E-state index in [1.165, 1.54) is 5.56 Å². The summed E-state index contributed by atoms with van der Waals surface area (Å²) in [6, 6.07) is 22.3. The van der Waals surface area contributed by atoms with Crippen LogP contribution in [0.3, 0.4) is 0 Å². The number of carbonyl (C=O) groups is 1. The molecule has 4 rings (SSSR count). The zero-order valence-corrected chi connectivity index (χ0v) is 15.5. The molecule has 138 valence electrons. The smallest absolute Gasteiger partial charge is 0.252 e. The molecule has 27 heavy (non-hydrogen) atoms. The highest BCUT2D eigenvalue weighted by molar-refractivity contribution is 6.08. The lowest BCUT2D eigenvalue weighted by atomic mass is 10.0. The molecule has 1 atom stereocenters. The van der Waals surface area contributed by atoms with Crippen molar-refractivity contribution in [1.29, 1.82) is 0 Å². The van der Waals surface area contributed by atoms with Crippen LogP contribution in [0.2, 0.25) is 0 Å². The van der Waals surface area contributed by atoms with E-state index in [0.29, 0.717) is 5.56 Å². The van der Waals surface area contributed by atoms with Crippen LogP contribution in [0.15, 0.2) is 66.7 Å². The van der Waals surface area contributed by atoms with E-state index in [1.807, 2.05) is 42.5 Å². The van der Waals surface area contributed by atoms with Crippen LogP contribution in [0.1, 0.15) is 22.3 Å². The molecule has 0 radical (unpaired) electrons. The van der Waals surface area contributed by atoms with Crippen molar-refractivity contribution in [3.05, 3.63) is 77.9 Å². The second kappa shape index (κ2) is 7.80. The second-order valence-corrected chi connectivity index (χ2v) is 7.04. The summed E-state index contributed by atoms with van der Waals surface area (Å²) in [5.74, 6) is 0.775. The Bertz CT molecular complexity index is 940. The van der Waals surface area contributed by atoms with E-state index in [2.05, 4.69) is 34.5 Å². The van der Waals surface area contributed by atoms with Crippen LogP contribution in [-0.2, 0) is 6.54 Å². The third-order valence-electron chi connectivity index (χ3n) is 5.21. The van der Waals surface area contributed by atoms with Crippen molar-refractivity contribution in [3.63, 3.8) is 0 Å². The van der Waals surface area contributed by atoms with Crippen molar-refractivity contribution in [3.8, 4) is 5.75 Å². The first-order valence-corrected chi connectivity index (χ1v) is 9.37. The van der Waals surface area contributed by atoms with E-state index in [1.54, 1.807) is 7.11 Å². The number of benzene rings is 3. The van der Waals surface area contributed by atoms with Gasteiger partial charge in [0.25, 0.3) is 5.91 Å². The normalized spacial score (nSPS) is 17.1. The molecule has 1 unspecified atom stereocenters. The summed E-state index contributed by atoms with van der Waals surface area (Å²) in [5, 5.41) is 5.11. The van der Waals surface area contributed by atoms with Gasteiger partial charge in [0.2, 0.25) is 0 Å². The fraction of sp³-hybridized carbons (Fsp3) is 0.261. The molecule has 0 bridgehead atoms. The van der Waals surface area contributed by atoms with Gasteiger partial charge in [-0.1, -0.05) is 54.6 Å². The van der Waals surface area contributed by atoms with Gasteiger partial charge >= 0.3 is 0 Å². The molecule has 1 aliphatic heterocycles. The summed E-state index contributed by atoms with van der Waals surface area (Å²) in [6.07, 6.45) is 0.979. The number of rotatable bonds is 5. The minimum atomic E-state index is -0.0135. The second-order valence-electron chi connectivity index (χ2n) is 7.04. The molecule has 1 N–H and O–H groups in total. The highest BCUT2D eigenvalue weighted by Gasteiger charge is 2.25. The molecule has 1 aliphatic rings. The van der Waals surface area contributed by atoms with Gasteiger partial charge in [-0.15, -0.1) is 0 Å². The van der Waals surface area contributed by atoms with Crippen LogP contribution in [0.25, 0.3) is 10.8 Å². The van der Waals surface area contributed by atoms with Crippen LogP contribution < -0.4 is 10.1 Å². The summed E-state index contributed by atoms with van der Waals surface area (Å²) < 4.78 is 5.43. The summed E-state index contributed by atoms with van der Waals surface area (Å²) in [6.45, 7) is 2.82. The largest absolute Gasteiger partial charge is 0.496 e. The van der Waals surface area contributed by atoms with Crippen LogP contribution in [0.4, 0.5) is 0 Å². The topological polar surface area (TPSA) is 41.6 Å². The first kappa shape index (κ1) is 17.6. The SMILES string of the molecule is COc1ccc(C(=O)NC2CCN(Cc3ccccc3)C2)c2ccccc12. The minimum absolute atomic E-state index is 0.0135. The van der Waals surface area contributed by atoms with Crippen molar-refractivity contribution in [2.24, 2.45) is 0 Å². The molecule has 1 heterocycles. The molecular weight excluding hydrogens is 336 g/mol. The van der Waals surface area contributed by atoms with Gasteiger partial charge in [-0.05, 0) is 29.5 Å². The molecule has 3 aromatic carbocycles. The number of fused-ring (bicyclic) bond motifs is 1. The summed E-state index contributed by atoms with van der Waals surface area (Å²) in [4.78, 5) is 15.3. The van der Waals surface area contributed by atoms with Crippen molar-refractivity contribution in [2.45, 2.75) is 19.0 Å². The lowest BCUT2D eigenvalue weighted by Gasteiger charge is -2.17. The number of nitrogens with one attached hydrogen (secondary N) is 1. The standard InChI is InChI=1S/C23H24N2O2/c1-27-22-12-11-21(19-9-5-6-10-20(19)22)23(26)24-18-13-14-25(16-18)15-17-7-3-2-4-8-17/h2-12,18H,13-16H2,1H3,(H,24,26). The van der Waals surface area contributed by atoms with E-state index < -0.39 is 0 Å². The summed E-state index contributed by atoms with van der Waals surface area (Å²) >= 11 is 0. The Hall–Kier alpha value is -2.85. The van der Waals surface area contributed by atoms with E-state index in [0.717, 1.165) is 42.6 Å². The van der Waals surface area contributed by atoms with Crippen LogP contribution in [0, 0.1) is 0 Å². The Morgan fingerprint density at radius 3 is 2.56 bits per heavy atom. The fourth-order valence-electron chi connectivity index (χ4n) is 3.85. The average molecular weight is 360 g/mol. The van der Waals surface area contributed by atoms with E-state index in [-0.39, 0.29) is 11.9 Å². The van der Waals surface area contributed by atoms with E-state index >= 15 is 0 Å². The third kappa shape index (κ3) is 3.81. The quantitative estimate of drug-likeness (QED) is 0.751. The van der Waals surface area contributed by atoms with Gasteiger partial charge in [-0.25, -0.2) is 0 Å². The first-order chi connectivity index (χ1) is 13.2. The average Bonchev–Trinajstić information content (AvgIpc) is 3.14. The molecule has 0 saturated carbocycles. The maximum Gasteiger partial charge on any atom is 0.252 e. The molecule has 0 aromatic heterocycles. The predicted molar refractivity (Wildman–Crippen MR) is 108 cm³/mol. The maximum atomic E-state index is 12.9. The number of hydrogen-bond donors (Lipinski definition) is 1. The molecule has 4 heteroatoms. The van der Waals surface area contributed by atoms with Gasteiger partial charge < -0.3 is 10.1 Å². The Morgan fingerprint density at radius 2 is 1.78 bits per heavy atom. The molecule has 0 aliphatic carbocycles. The van der Waals surface area contributed by atoms with Gasteiger partial charge in [0, 0.05) is 36.6 Å². The van der Waals surface area contributed by atoms with Crippen molar-refractivity contribution >= 4 is 16.7 Å². The number of amides is 1. The Kier molecular flexibility index (Phi) is 5.07. The maximum absolute atomic E-state index is 12.9. The van der Waals surface area contributed by atoms with Gasteiger partial charge in [-0.2, -0.15) is 0 Å². The Labute approximate surface area is 159 Å². The number of nitrogens with zero attached hydrogens (tertiary/aromatic N) is 1. The van der Waals surface area contributed by atoms with Gasteiger partial charge in [-0.3, -0.25) is 9.69 Å². The van der Waals surface area contributed by atoms with E-state index in [9.17, 15) is 4.79 Å². The minimum Gasteiger partial charge on any atom is -0.496 e. The predicted octanol–water partition coefficient (Wildman–Crippen LogP) is 3.85. The first-order valence-electron chi connectivity index (χ1n) is 9.37. The molecule has 1 fully saturated rings. The zero-order valence-electron chi connectivity index (χ0n) is 15.5. The monoisotopic (exact) mass is 360 g/mol. The Balaban J connectivity index is 1.45. The number of carbonyl (C=O) groups excluding carboxylic acids is 1. The molecular formula is C23H24N2O2. The van der Waals surface area contributed by atoms with Crippen LogP contribution >= 0.6 is 0 Å². The van der Waals surface area contributed by atoms with Crippen LogP contribution in [0.5, 0.6) is 5.75 Å². The van der Waals surface area contributed by atoms with Gasteiger partial charge in [0.15, 0.2) is 0 Å². The number of ether oxygens (including phenoxy) is 1. The van der Waals surface area contributed by atoms with Gasteiger partial charge in [0.1, 0.15) is 5.75 Å². The molecule has 1 saturated heterocycles. The lowest BCUT2D eigenvalue weighted by molar-refractivity contribution is 0.0939. The lowest BCUT2D eigenvalue weighted by Crippen LogP contribution is -2.37. The third-order valence-corrected chi connectivity index (χ3v) is 5.21. The Morgan fingerprint density at radius 1 is 1.04 bits per heavy atom. The van der Waals surface area contributed by atoms with E-state index in [4.69, 9.17) is 4.74 Å². The van der Waals surface area contributed by atoms with Crippen molar-refractivity contribution in [2.75, 3.05) is 20.2 Å². The zero-order chi connectivity index (χ0) is 18.6.